The van der Waals surface area contributed by atoms with Crippen LogP contribution < -0.4 is 0 Å². The second kappa shape index (κ2) is 4.33. The minimum atomic E-state index is -0.0929. The van der Waals surface area contributed by atoms with Crippen molar-refractivity contribution >= 4 is 17.2 Å². The molecule has 78 valence electrons. The normalized spacial score (nSPS) is 14.3. The summed E-state index contributed by atoms with van der Waals surface area (Å²) in [6.45, 7) is 1.31. The van der Waals surface area contributed by atoms with Gasteiger partial charge in [-0.1, -0.05) is 5.11 Å². The molecule has 2 rings (SSSR count). The van der Waals surface area contributed by atoms with E-state index in [2.05, 4.69) is 10.0 Å². The molecule has 1 aliphatic heterocycles. The Bertz CT molecular complexity index is 422. The van der Waals surface area contributed by atoms with E-state index in [0.29, 0.717) is 6.54 Å². The van der Waals surface area contributed by atoms with E-state index >= 15 is 0 Å². The molecule has 0 bridgehead atoms. The summed E-state index contributed by atoms with van der Waals surface area (Å²) in [6.07, 6.45) is 0.912. The topological polar surface area (TPSA) is 69.1 Å². The highest BCUT2D eigenvalue weighted by Crippen LogP contribution is 2.23. The molecule has 0 spiro atoms. The number of amides is 1. The Morgan fingerprint density at radius 2 is 2.60 bits per heavy atom. The molecule has 2 heterocycles. The number of azide groups is 1. The first-order valence-corrected chi connectivity index (χ1v) is 5.53. The molecule has 0 saturated carbocycles. The molecule has 0 aromatic carbocycles. The molecule has 1 amide bonds. The zero-order chi connectivity index (χ0) is 10.7. The van der Waals surface area contributed by atoms with Crippen LogP contribution in [0.2, 0.25) is 0 Å². The van der Waals surface area contributed by atoms with Gasteiger partial charge in [-0.25, -0.2) is 0 Å². The Morgan fingerprint density at radius 1 is 1.73 bits per heavy atom. The number of carbonyl (C=O) groups is 1. The number of carbonyl (C=O) groups excluding carboxylic acids is 1. The molecule has 1 aromatic heterocycles. The van der Waals surface area contributed by atoms with Gasteiger partial charge < -0.3 is 4.90 Å². The molecule has 0 atom stereocenters. The van der Waals surface area contributed by atoms with Gasteiger partial charge in [0.1, 0.15) is 6.54 Å². The monoisotopic (exact) mass is 222 g/mol. The minimum absolute atomic E-state index is 0.0734. The van der Waals surface area contributed by atoms with Crippen molar-refractivity contribution in [2.45, 2.75) is 13.0 Å². The van der Waals surface area contributed by atoms with Gasteiger partial charge >= 0.3 is 0 Å². The van der Waals surface area contributed by atoms with Gasteiger partial charge in [0.15, 0.2) is 0 Å². The quantitative estimate of drug-likeness (QED) is 0.428. The Labute approximate surface area is 90.9 Å². The molecule has 0 unspecified atom stereocenters. The fourth-order valence-electron chi connectivity index (χ4n) is 1.65. The van der Waals surface area contributed by atoms with E-state index in [9.17, 15) is 4.79 Å². The first kappa shape index (κ1) is 10.0. The van der Waals surface area contributed by atoms with Crippen LogP contribution in [0.1, 0.15) is 10.4 Å². The minimum Gasteiger partial charge on any atom is -0.338 e. The fourth-order valence-corrected chi connectivity index (χ4v) is 2.54. The van der Waals surface area contributed by atoms with Gasteiger partial charge in [-0.3, -0.25) is 4.79 Å². The van der Waals surface area contributed by atoms with Crippen LogP contribution >= 0.6 is 11.3 Å². The SMILES string of the molecule is [N-]=[N+]=NCC(=O)N1CCc2sccc2C1. The molecule has 5 nitrogen and oxygen atoms in total. The maximum absolute atomic E-state index is 11.6. The lowest BCUT2D eigenvalue weighted by Crippen LogP contribution is -2.36. The molecule has 1 aromatic rings. The third kappa shape index (κ3) is 2.11. The first-order chi connectivity index (χ1) is 7.31. The maximum atomic E-state index is 11.6. The molecule has 15 heavy (non-hydrogen) atoms. The summed E-state index contributed by atoms with van der Waals surface area (Å²) in [7, 11) is 0. The van der Waals surface area contributed by atoms with Crippen molar-refractivity contribution in [1.29, 1.82) is 0 Å². The van der Waals surface area contributed by atoms with Crippen LogP contribution in [0.5, 0.6) is 0 Å². The Morgan fingerprint density at radius 3 is 3.40 bits per heavy atom. The van der Waals surface area contributed by atoms with Crippen LogP contribution in [-0.4, -0.2) is 23.9 Å². The van der Waals surface area contributed by atoms with Crippen molar-refractivity contribution in [2.24, 2.45) is 5.11 Å². The third-order valence-electron chi connectivity index (χ3n) is 2.43. The standard InChI is InChI=1S/C9H10N4OS/c10-12-11-5-9(14)13-3-1-8-7(6-13)2-4-15-8/h2,4H,1,3,5-6H2. The lowest BCUT2D eigenvalue weighted by Gasteiger charge is -2.26. The van der Waals surface area contributed by atoms with E-state index in [1.807, 2.05) is 11.4 Å². The average Bonchev–Trinajstić information content (AvgIpc) is 2.72. The highest BCUT2D eigenvalue weighted by atomic mass is 32.1. The number of rotatable bonds is 2. The summed E-state index contributed by atoms with van der Waals surface area (Å²) in [6, 6.07) is 2.05. The van der Waals surface area contributed by atoms with Crippen molar-refractivity contribution in [1.82, 2.24) is 4.90 Å². The summed E-state index contributed by atoms with van der Waals surface area (Å²) in [5.74, 6) is -0.0929. The van der Waals surface area contributed by atoms with Gasteiger partial charge in [0, 0.05) is 22.9 Å². The first-order valence-electron chi connectivity index (χ1n) is 4.65. The highest BCUT2D eigenvalue weighted by molar-refractivity contribution is 7.10. The zero-order valence-corrected chi connectivity index (χ0v) is 8.90. The lowest BCUT2D eigenvalue weighted by molar-refractivity contribution is -0.130. The highest BCUT2D eigenvalue weighted by Gasteiger charge is 2.20. The molecule has 0 saturated heterocycles. The predicted octanol–water partition coefficient (Wildman–Crippen LogP) is 1.94. The summed E-state index contributed by atoms with van der Waals surface area (Å²) in [5, 5.41) is 5.33. The van der Waals surface area contributed by atoms with Crippen molar-refractivity contribution < 1.29 is 4.79 Å². The average molecular weight is 222 g/mol. The molecule has 0 N–H and O–H groups in total. The molecule has 0 radical (unpaired) electrons. The van der Waals surface area contributed by atoms with E-state index < -0.39 is 0 Å². The predicted molar refractivity (Wildman–Crippen MR) is 57.5 cm³/mol. The Hall–Kier alpha value is -1.52. The van der Waals surface area contributed by atoms with E-state index in [1.54, 1.807) is 16.2 Å². The summed E-state index contributed by atoms with van der Waals surface area (Å²) in [4.78, 5) is 17.2. The number of fused-ring (bicyclic) bond motifs is 1. The van der Waals surface area contributed by atoms with Crippen molar-refractivity contribution in [3.8, 4) is 0 Å². The van der Waals surface area contributed by atoms with E-state index in [0.717, 1.165) is 13.0 Å². The second-order valence-electron chi connectivity index (χ2n) is 3.32. The van der Waals surface area contributed by atoms with Gasteiger partial charge in [0.25, 0.3) is 0 Å². The Balaban J connectivity index is 2.03. The fraction of sp³-hybridized carbons (Fsp3) is 0.444. The van der Waals surface area contributed by atoms with Crippen molar-refractivity contribution in [3.05, 3.63) is 32.3 Å². The van der Waals surface area contributed by atoms with Crippen molar-refractivity contribution in [2.75, 3.05) is 13.1 Å². The number of hydrogen-bond acceptors (Lipinski definition) is 3. The summed E-state index contributed by atoms with van der Waals surface area (Å²) < 4.78 is 0. The van der Waals surface area contributed by atoms with Gasteiger partial charge in [0.05, 0.1) is 0 Å². The van der Waals surface area contributed by atoms with E-state index in [-0.39, 0.29) is 12.5 Å². The van der Waals surface area contributed by atoms with Gasteiger partial charge in [-0.05, 0) is 29.0 Å². The molecule has 6 heteroatoms. The maximum Gasteiger partial charge on any atom is 0.228 e. The smallest absolute Gasteiger partial charge is 0.228 e. The largest absolute Gasteiger partial charge is 0.338 e. The van der Waals surface area contributed by atoms with E-state index in [1.165, 1.54) is 10.4 Å². The summed E-state index contributed by atoms with van der Waals surface area (Å²) >= 11 is 1.74. The van der Waals surface area contributed by atoms with Crippen LogP contribution in [0.25, 0.3) is 10.4 Å². The summed E-state index contributed by atoms with van der Waals surface area (Å²) in [5.41, 5.74) is 9.35. The molecule has 1 aliphatic rings. The van der Waals surface area contributed by atoms with Crippen LogP contribution in [0.4, 0.5) is 0 Å². The van der Waals surface area contributed by atoms with E-state index in [4.69, 9.17) is 5.53 Å². The number of hydrogen-bond donors (Lipinski definition) is 0. The van der Waals surface area contributed by atoms with Crippen LogP contribution in [0.3, 0.4) is 0 Å². The van der Waals surface area contributed by atoms with Crippen LogP contribution in [0, 0.1) is 0 Å². The van der Waals surface area contributed by atoms with Crippen LogP contribution in [0.15, 0.2) is 16.6 Å². The van der Waals surface area contributed by atoms with Gasteiger partial charge in [0.2, 0.25) is 5.91 Å². The Kier molecular flexibility index (Phi) is 2.89. The van der Waals surface area contributed by atoms with Crippen molar-refractivity contribution in [3.63, 3.8) is 0 Å². The molecule has 0 fully saturated rings. The number of thiophene rings is 1. The lowest BCUT2D eigenvalue weighted by atomic mass is 10.1. The number of nitrogens with zero attached hydrogens (tertiary/aromatic N) is 4. The molecular weight excluding hydrogens is 212 g/mol. The zero-order valence-electron chi connectivity index (χ0n) is 8.09. The van der Waals surface area contributed by atoms with Gasteiger partial charge in [-0.2, -0.15) is 0 Å². The van der Waals surface area contributed by atoms with Gasteiger partial charge in [-0.15, -0.1) is 11.3 Å². The molecule has 0 aliphatic carbocycles. The second-order valence-corrected chi connectivity index (χ2v) is 4.32. The molecular formula is C9H10N4OS. The van der Waals surface area contributed by atoms with Crippen LogP contribution in [-0.2, 0) is 17.8 Å². The third-order valence-corrected chi connectivity index (χ3v) is 3.45.